The SMILES string of the molecule is [2H]C([2H])([2H])[C@@H]1CNC(C)(C)C1([2H])[2H]. The van der Waals surface area contributed by atoms with Crippen LogP contribution in [0.2, 0.25) is 0 Å². The van der Waals surface area contributed by atoms with Crippen molar-refractivity contribution in [2.75, 3.05) is 6.54 Å². The second-order valence-corrected chi connectivity index (χ2v) is 2.70. The predicted molar refractivity (Wildman–Crippen MR) is 35.9 cm³/mol. The van der Waals surface area contributed by atoms with E-state index >= 15 is 0 Å². The van der Waals surface area contributed by atoms with Crippen LogP contribution in [-0.2, 0) is 0 Å². The summed E-state index contributed by atoms with van der Waals surface area (Å²) in [5.41, 5.74) is -0.758. The van der Waals surface area contributed by atoms with Crippen LogP contribution in [0.1, 0.15) is 33.9 Å². The molecule has 0 saturated carbocycles. The molecule has 1 fully saturated rings. The first kappa shape index (κ1) is 2.30. The van der Waals surface area contributed by atoms with Crippen molar-refractivity contribution < 1.29 is 6.85 Å². The summed E-state index contributed by atoms with van der Waals surface area (Å²) < 4.78 is 37.1. The van der Waals surface area contributed by atoms with Crippen molar-refractivity contribution in [1.82, 2.24) is 5.32 Å². The van der Waals surface area contributed by atoms with Crippen molar-refractivity contribution in [2.45, 2.75) is 32.6 Å². The van der Waals surface area contributed by atoms with Gasteiger partial charge in [0.05, 0.1) is 0 Å². The maximum atomic E-state index is 7.75. The van der Waals surface area contributed by atoms with E-state index in [-0.39, 0.29) is 6.54 Å². The number of hydrogen-bond acceptors (Lipinski definition) is 1. The Morgan fingerprint density at radius 1 is 1.88 bits per heavy atom. The van der Waals surface area contributed by atoms with Crippen molar-refractivity contribution >= 4 is 0 Å². The molecule has 1 aliphatic heterocycles. The lowest BCUT2D eigenvalue weighted by Gasteiger charge is -2.16. The van der Waals surface area contributed by atoms with Gasteiger partial charge in [0.25, 0.3) is 0 Å². The van der Waals surface area contributed by atoms with E-state index in [9.17, 15) is 0 Å². The fourth-order valence-corrected chi connectivity index (χ4v) is 0.895. The van der Waals surface area contributed by atoms with Gasteiger partial charge < -0.3 is 5.32 Å². The molecule has 0 aliphatic carbocycles. The highest BCUT2D eigenvalue weighted by molar-refractivity contribution is 4.86. The molecule has 0 unspecified atom stereocenters. The highest BCUT2D eigenvalue weighted by atomic mass is 15.0. The third kappa shape index (κ3) is 1.22. The minimum Gasteiger partial charge on any atom is -0.312 e. The second kappa shape index (κ2) is 1.73. The van der Waals surface area contributed by atoms with Crippen LogP contribution in [0, 0.1) is 5.92 Å². The standard InChI is InChI=1S/C7H15N/c1-6-4-7(2,3)8-5-6/h6,8H,4-5H2,1-3H3/t6-/m0/s1/i1D3,4D2. The van der Waals surface area contributed by atoms with Crippen molar-refractivity contribution in [2.24, 2.45) is 5.92 Å². The van der Waals surface area contributed by atoms with Gasteiger partial charge in [-0.25, -0.2) is 0 Å². The summed E-state index contributed by atoms with van der Waals surface area (Å²) in [6.07, 6.45) is -1.68. The lowest BCUT2D eigenvalue weighted by Crippen LogP contribution is -2.31. The molecule has 1 rings (SSSR count). The molecule has 1 saturated heterocycles. The summed E-state index contributed by atoms with van der Waals surface area (Å²) in [6, 6.07) is 0. The van der Waals surface area contributed by atoms with E-state index in [4.69, 9.17) is 6.85 Å². The Bertz CT molecular complexity index is 207. The largest absolute Gasteiger partial charge is 0.312 e. The Labute approximate surface area is 58.5 Å². The average molecular weight is 118 g/mol. The molecule has 0 radical (unpaired) electrons. The Kier molecular flexibility index (Phi) is 0.496. The first-order chi connectivity index (χ1) is 5.59. The van der Waals surface area contributed by atoms with E-state index in [0.717, 1.165) is 0 Å². The molecule has 1 nitrogen and oxygen atoms in total. The second-order valence-electron chi connectivity index (χ2n) is 2.70. The number of rotatable bonds is 0. The van der Waals surface area contributed by atoms with E-state index in [1.165, 1.54) is 0 Å². The van der Waals surface area contributed by atoms with E-state index in [0.29, 0.717) is 0 Å². The van der Waals surface area contributed by atoms with Crippen LogP contribution in [0.25, 0.3) is 0 Å². The zero-order valence-corrected chi connectivity index (χ0v) is 5.28. The summed E-state index contributed by atoms with van der Waals surface area (Å²) in [4.78, 5) is 0. The van der Waals surface area contributed by atoms with Gasteiger partial charge >= 0.3 is 0 Å². The van der Waals surface area contributed by atoms with E-state index in [1.807, 2.05) is 0 Å². The molecule has 0 spiro atoms. The number of nitrogens with one attached hydrogen (secondary N) is 1. The minimum absolute atomic E-state index is 0.219. The molecule has 8 heavy (non-hydrogen) atoms. The highest BCUT2D eigenvalue weighted by Crippen LogP contribution is 2.21. The van der Waals surface area contributed by atoms with E-state index < -0.39 is 24.7 Å². The normalized spacial score (nSPS) is 52.8. The molecule has 1 N–H and O–H groups in total. The Balaban J connectivity index is 2.95. The molecule has 48 valence electrons. The Hall–Kier alpha value is -0.0400. The first-order valence-corrected chi connectivity index (χ1v) is 2.84. The molecule has 0 aromatic carbocycles. The predicted octanol–water partition coefficient (Wildman–Crippen LogP) is 1.39. The van der Waals surface area contributed by atoms with Crippen LogP contribution in [-0.4, -0.2) is 12.1 Å². The fraction of sp³-hybridized carbons (Fsp3) is 1.00. The summed E-state index contributed by atoms with van der Waals surface area (Å²) >= 11 is 0. The topological polar surface area (TPSA) is 12.0 Å². The summed E-state index contributed by atoms with van der Waals surface area (Å²) in [6.45, 7) is 1.39. The van der Waals surface area contributed by atoms with Gasteiger partial charge in [0.1, 0.15) is 0 Å². The van der Waals surface area contributed by atoms with Crippen molar-refractivity contribution in [3.63, 3.8) is 0 Å². The summed E-state index contributed by atoms with van der Waals surface area (Å²) in [5, 5.41) is 2.91. The van der Waals surface area contributed by atoms with Gasteiger partial charge in [0, 0.05) is 12.4 Å². The van der Waals surface area contributed by atoms with Crippen LogP contribution < -0.4 is 5.32 Å². The monoisotopic (exact) mass is 118 g/mol. The maximum absolute atomic E-state index is 7.75. The summed E-state index contributed by atoms with van der Waals surface area (Å²) in [5.74, 6) is -0.907. The highest BCUT2D eigenvalue weighted by Gasteiger charge is 2.26. The van der Waals surface area contributed by atoms with Gasteiger partial charge in [-0.1, -0.05) is 6.85 Å². The van der Waals surface area contributed by atoms with E-state index in [2.05, 4.69) is 5.32 Å². The van der Waals surface area contributed by atoms with Gasteiger partial charge in [-0.05, 0) is 32.7 Å². The molecule has 0 aromatic rings. The Morgan fingerprint density at radius 3 is 2.88 bits per heavy atom. The van der Waals surface area contributed by atoms with Gasteiger partial charge in [-0.3, -0.25) is 0 Å². The van der Waals surface area contributed by atoms with Gasteiger partial charge in [0.2, 0.25) is 0 Å². The zero-order chi connectivity index (χ0) is 10.5. The minimum atomic E-state index is -2.22. The molecular formula is C7H15N. The molecule has 1 heterocycles. The first-order valence-electron chi connectivity index (χ1n) is 5.34. The Morgan fingerprint density at radius 2 is 2.62 bits per heavy atom. The quantitative estimate of drug-likeness (QED) is 0.507. The maximum Gasteiger partial charge on any atom is 0.0288 e. The average Bonchev–Trinajstić information content (AvgIpc) is 2.00. The van der Waals surface area contributed by atoms with Crippen LogP contribution in [0.15, 0.2) is 0 Å². The van der Waals surface area contributed by atoms with Crippen LogP contribution in [0.3, 0.4) is 0 Å². The third-order valence-electron chi connectivity index (χ3n) is 1.28. The van der Waals surface area contributed by atoms with Crippen LogP contribution in [0.4, 0.5) is 0 Å². The molecular weight excluding hydrogens is 98.1 g/mol. The zero-order valence-electron chi connectivity index (χ0n) is 10.3. The summed E-state index contributed by atoms with van der Waals surface area (Å²) in [7, 11) is 0. The van der Waals surface area contributed by atoms with Gasteiger partial charge in [-0.15, -0.1) is 0 Å². The van der Waals surface area contributed by atoms with Crippen molar-refractivity contribution in [3.8, 4) is 0 Å². The van der Waals surface area contributed by atoms with E-state index in [1.54, 1.807) is 13.8 Å². The van der Waals surface area contributed by atoms with Gasteiger partial charge in [-0.2, -0.15) is 0 Å². The lowest BCUT2D eigenvalue weighted by molar-refractivity contribution is 0.448. The van der Waals surface area contributed by atoms with Crippen LogP contribution in [0.5, 0.6) is 0 Å². The lowest BCUT2D eigenvalue weighted by atomic mass is 9.99. The molecule has 1 aliphatic rings. The van der Waals surface area contributed by atoms with Crippen molar-refractivity contribution in [3.05, 3.63) is 0 Å². The molecule has 1 atom stereocenters. The number of hydrogen-bond donors (Lipinski definition) is 1. The van der Waals surface area contributed by atoms with Crippen LogP contribution >= 0.6 is 0 Å². The molecule has 0 amide bonds. The van der Waals surface area contributed by atoms with Crippen molar-refractivity contribution in [1.29, 1.82) is 0 Å². The molecule has 0 bridgehead atoms. The fourth-order valence-electron chi connectivity index (χ4n) is 0.895. The molecule has 0 aromatic heterocycles. The van der Waals surface area contributed by atoms with Gasteiger partial charge in [0.15, 0.2) is 0 Å². The smallest absolute Gasteiger partial charge is 0.0288 e. The molecule has 1 heteroatoms. The third-order valence-corrected chi connectivity index (χ3v) is 1.28.